The van der Waals surface area contributed by atoms with Crippen LogP contribution in [-0.4, -0.2) is 41.0 Å². The normalized spacial score (nSPS) is 25.0. The summed E-state index contributed by atoms with van der Waals surface area (Å²) in [5, 5.41) is 4.09. The maximum absolute atomic E-state index is 12.5. The zero-order valence-corrected chi connectivity index (χ0v) is 12.9. The summed E-state index contributed by atoms with van der Waals surface area (Å²) in [5.41, 5.74) is 0. The summed E-state index contributed by atoms with van der Waals surface area (Å²) in [7, 11) is -3.41. The van der Waals surface area contributed by atoms with Crippen LogP contribution in [-0.2, 0) is 16.6 Å². The van der Waals surface area contributed by atoms with Gasteiger partial charge in [-0.1, -0.05) is 6.92 Å². The summed E-state index contributed by atoms with van der Waals surface area (Å²) < 4.78 is 28.3. The highest BCUT2D eigenvalue weighted by Crippen LogP contribution is 2.28. The molecule has 2 unspecified atom stereocenters. The molecule has 1 aromatic heterocycles. The molecule has 7 heteroatoms. The first kappa shape index (κ1) is 14.8. The summed E-state index contributed by atoms with van der Waals surface area (Å²) in [4.78, 5) is 0.281. The molecule has 0 aliphatic carbocycles. The summed E-state index contributed by atoms with van der Waals surface area (Å²) >= 11 is 5.62. The van der Waals surface area contributed by atoms with E-state index in [1.54, 1.807) is 15.2 Å². The highest BCUT2D eigenvalue weighted by atomic mass is 35.5. The number of sulfonamides is 1. The smallest absolute Gasteiger partial charge is 0.246 e. The number of aromatic nitrogens is 2. The third kappa shape index (κ3) is 3.12. The van der Waals surface area contributed by atoms with Gasteiger partial charge in [-0.2, -0.15) is 9.40 Å². The highest BCUT2D eigenvalue weighted by molar-refractivity contribution is 7.89. The molecule has 5 nitrogen and oxygen atoms in total. The van der Waals surface area contributed by atoms with Crippen molar-refractivity contribution in [2.24, 2.45) is 5.92 Å². The van der Waals surface area contributed by atoms with E-state index in [9.17, 15) is 8.42 Å². The van der Waals surface area contributed by atoms with E-state index in [1.165, 1.54) is 6.20 Å². The van der Waals surface area contributed by atoms with E-state index in [0.29, 0.717) is 24.9 Å². The Kier molecular flexibility index (Phi) is 4.53. The average Bonchev–Trinajstić information content (AvgIpc) is 2.93. The molecular weight excluding hydrogens is 286 g/mol. The van der Waals surface area contributed by atoms with Crippen LogP contribution in [0.2, 0.25) is 0 Å². The van der Waals surface area contributed by atoms with Crippen molar-refractivity contribution in [1.29, 1.82) is 0 Å². The number of aryl methyl sites for hydroxylation is 1. The first-order chi connectivity index (χ1) is 8.95. The average molecular weight is 306 g/mol. The monoisotopic (exact) mass is 305 g/mol. The van der Waals surface area contributed by atoms with Gasteiger partial charge in [-0.15, -0.1) is 11.6 Å². The van der Waals surface area contributed by atoms with Crippen molar-refractivity contribution >= 4 is 21.6 Å². The van der Waals surface area contributed by atoms with Crippen LogP contribution in [0.25, 0.3) is 0 Å². The van der Waals surface area contributed by atoms with Crippen molar-refractivity contribution < 1.29 is 8.42 Å². The Morgan fingerprint density at radius 1 is 1.47 bits per heavy atom. The van der Waals surface area contributed by atoms with E-state index in [2.05, 4.69) is 12.0 Å². The first-order valence-corrected chi connectivity index (χ1v) is 8.53. The molecule has 19 heavy (non-hydrogen) atoms. The molecule has 108 valence electrons. The molecular formula is C12H20ClN3O2S. The Morgan fingerprint density at radius 2 is 2.21 bits per heavy atom. The largest absolute Gasteiger partial charge is 0.271 e. The molecule has 1 saturated heterocycles. The number of rotatable bonds is 5. The van der Waals surface area contributed by atoms with Gasteiger partial charge < -0.3 is 0 Å². The van der Waals surface area contributed by atoms with Crippen LogP contribution < -0.4 is 0 Å². The van der Waals surface area contributed by atoms with Crippen LogP contribution in [0.4, 0.5) is 0 Å². The second-order valence-electron chi connectivity index (χ2n) is 5.25. The van der Waals surface area contributed by atoms with Crippen molar-refractivity contribution in [3.8, 4) is 0 Å². The zero-order chi connectivity index (χ0) is 14.0. The zero-order valence-electron chi connectivity index (χ0n) is 11.3. The van der Waals surface area contributed by atoms with Crippen LogP contribution in [0.5, 0.6) is 0 Å². The summed E-state index contributed by atoms with van der Waals surface area (Å²) in [6, 6.07) is 0.0613. The number of nitrogens with zero attached hydrogens (tertiary/aromatic N) is 3. The van der Waals surface area contributed by atoms with Gasteiger partial charge in [0.1, 0.15) is 4.90 Å². The SMILES string of the molecule is CC1CC(C)N(S(=O)(=O)c2cnn(CCCCl)c2)C1. The second-order valence-corrected chi connectivity index (χ2v) is 7.51. The minimum absolute atomic E-state index is 0.0613. The molecule has 1 fully saturated rings. The molecule has 2 heterocycles. The fraction of sp³-hybridized carbons (Fsp3) is 0.750. The topological polar surface area (TPSA) is 55.2 Å². The molecule has 2 atom stereocenters. The third-order valence-electron chi connectivity index (χ3n) is 3.46. The predicted molar refractivity (Wildman–Crippen MR) is 74.7 cm³/mol. The second kappa shape index (κ2) is 5.81. The minimum Gasteiger partial charge on any atom is -0.271 e. The first-order valence-electron chi connectivity index (χ1n) is 6.55. The fourth-order valence-electron chi connectivity index (χ4n) is 2.55. The maximum Gasteiger partial charge on any atom is 0.246 e. The number of halogens is 1. The van der Waals surface area contributed by atoms with Gasteiger partial charge in [0.2, 0.25) is 10.0 Å². The van der Waals surface area contributed by atoms with E-state index in [0.717, 1.165) is 12.8 Å². The Balaban J connectivity index is 2.17. The van der Waals surface area contributed by atoms with Crippen LogP contribution in [0, 0.1) is 5.92 Å². The van der Waals surface area contributed by atoms with Gasteiger partial charge >= 0.3 is 0 Å². The lowest BCUT2D eigenvalue weighted by molar-refractivity contribution is 0.405. The molecule has 0 radical (unpaired) electrons. The van der Waals surface area contributed by atoms with Crippen molar-refractivity contribution in [1.82, 2.24) is 14.1 Å². The van der Waals surface area contributed by atoms with Gasteiger partial charge in [-0.05, 0) is 25.7 Å². The summed E-state index contributed by atoms with van der Waals surface area (Å²) in [6.45, 7) is 5.27. The predicted octanol–water partition coefficient (Wildman–Crippen LogP) is 1.93. The maximum atomic E-state index is 12.5. The highest BCUT2D eigenvalue weighted by Gasteiger charge is 2.36. The van der Waals surface area contributed by atoms with E-state index in [-0.39, 0.29) is 10.9 Å². The lowest BCUT2D eigenvalue weighted by Crippen LogP contribution is -2.33. The lowest BCUT2D eigenvalue weighted by atomic mass is 10.1. The lowest BCUT2D eigenvalue weighted by Gasteiger charge is -2.19. The molecule has 2 rings (SSSR count). The van der Waals surface area contributed by atoms with Crippen molar-refractivity contribution in [2.45, 2.75) is 44.2 Å². The molecule has 0 bridgehead atoms. The van der Waals surface area contributed by atoms with Gasteiger partial charge in [0.15, 0.2) is 0 Å². The van der Waals surface area contributed by atoms with Gasteiger partial charge in [0.05, 0.1) is 6.20 Å². The molecule has 0 amide bonds. The summed E-state index contributed by atoms with van der Waals surface area (Å²) in [5.74, 6) is 0.957. The quantitative estimate of drug-likeness (QED) is 0.781. The van der Waals surface area contributed by atoms with Crippen molar-refractivity contribution in [2.75, 3.05) is 12.4 Å². The van der Waals surface area contributed by atoms with Crippen LogP contribution in [0.1, 0.15) is 26.7 Å². The molecule has 1 aliphatic heterocycles. The van der Waals surface area contributed by atoms with Gasteiger partial charge in [0.25, 0.3) is 0 Å². The van der Waals surface area contributed by atoms with E-state index in [4.69, 9.17) is 11.6 Å². The van der Waals surface area contributed by atoms with E-state index in [1.807, 2.05) is 6.92 Å². The Hall–Kier alpha value is -0.590. The number of hydrogen-bond donors (Lipinski definition) is 0. The van der Waals surface area contributed by atoms with Crippen molar-refractivity contribution in [3.63, 3.8) is 0 Å². The molecule has 0 saturated carbocycles. The third-order valence-corrected chi connectivity index (χ3v) is 5.66. The molecule has 0 aromatic carbocycles. The van der Waals surface area contributed by atoms with Crippen LogP contribution >= 0.6 is 11.6 Å². The Labute approximate surface area is 119 Å². The van der Waals surface area contributed by atoms with E-state index < -0.39 is 10.0 Å². The molecule has 1 aliphatic rings. The standard InChI is InChI=1S/C12H20ClN3O2S/c1-10-6-11(2)16(8-10)19(17,18)12-7-14-15(9-12)5-3-4-13/h7,9-11H,3-6,8H2,1-2H3. The van der Waals surface area contributed by atoms with Gasteiger partial charge in [-0.3, -0.25) is 4.68 Å². The van der Waals surface area contributed by atoms with Crippen LogP contribution in [0.3, 0.4) is 0 Å². The van der Waals surface area contributed by atoms with E-state index >= 15 is 0 Å². The molecule has 0 spiro atoms. The van der Waals surface area contributed by atoms with Crippen LogP contribution in [0.15, 0.2) is 17.3 Å². The Bertz CT molecular complexity index is 529. The number of alkyl halides is 1. The van der Waals surface area contributed by atoms with Gasteiger partial charge in [-0.25, -0.2) is 8.42 Å². The van der Waals surface area contributed by atoms with Gasteiger partial charge in [0, 0.05) is 31.2 Å². The Morgan fingerprint density at radius 3 is 2.79 bits per heavy atom. The molecule has 0 N–H and O–H groups in total. The number of hydrogen-bond acceptors (Lipinski definition) is 3. The minimum atomic E-state index is -3.41. The van der Waals surface area contributed by atoms with Crippen molar-refractivity contribution in [3.05, 3.63) is 12.4 Å². The fourth-order valence-corrected chi connectivity index (χ4v) is 4.39. The summed E-state index contributed by atoms with van der Waals surface area (Å²) in [6.07, 6.45) is 4.72. The molecule has 1 aromatic rings.